The molecule has 0 heterocycles. The number of carbonyl (C=O) groups excluding carboxylic acids is 2. The summed E-state index contributed by atoms with van der Waals surface area (Å²) in [5.41, 5.74) is 0.739. The van der Waals surface area contributed by atoms with E-state index in [9.17, 15) is 22.4 Å². The summed E-state index contributed by atoms with van der Waals surface area (Å²) in [6.45, 7) is 5.34. The molecule has 1 N–H and O–H groups in total. The van der Waals surface area contributed by atoms with Gasteiger partial charge in [0.2, 0.25) is 21.8 Å². The van der Waals surface area contributed by atoms with Crippen molar-refractivity contribution >= 4 is 50.7 Å². The second kappa shape index (κ2) is 11.9. The number of anilines is 1. The summed E-state index contributed by atoms with van der Waals surface area (Å²) in [5.74, 6) is -1.50. The van der Waals surface area contributed by atoms with E-state index in [1.807, 2.05) is 13.8 Å². The van der Waals surface area contributed by atoms with Gasteiger partial charge in [-0.2, -0.15) is 0 Å². The van der Waals surface area contributed by atoms with Crippen LogP contribution >= 0.6 is 23.2 Å². The second-order valence-corrected chi connectivity index (χ2v) is 11.1. The van der Waals surface area contributed by atoms with Gasteiger partial charge in [0.1, 0.15) is 18.4 Å². The van der Waals surface area contributed by atoms with Crippen molar-refractivity contribution < 1.29 is 22.4 Å². The van der Waals surface area contributed by atoms with Crippen LogP contribution in [-0.2, 0) is 26.2 Å². The van der Waals surface area contributed by atoms with Crippen molar-refractivity contribution in [2.24, 2.45) is 5.92 Å². The van der Waals surface area contributed by atoms with E-state index in [1.165, 1.54) is 11.0 Å². The molecule has 0 saturated carbocycles. The monoisotopic (exact) mass is 531 g/mol. The number of nitrogens with one attached hydrogen (secondary N) is 1. The van der Waals surface area contributed by atoms with Crippen molar-refractivity contribution in [1.29, 1.82) is 0 Å². The van der Waals surface area contributed by atoms with Crippen LogP contribution in [0.15, 0.2) is 42.5 Å². The Hall–Kier alpha value is -2.36. The van der Waals surface area contributed by atoms with E-state index in [0.717, 1.165) is 22.7 Å². The van der Waals surface area contributed by atoms with E-state index in [4.69, 9.17) is 23.2 Å². The van der Waals surface area contributed by atoms with Gasteiger partial charge >= 0.3 is 0 Å². The minimum Gasteiger partial charge on any atom is -0.354 e. The van der Waals surface area contributed by atoms with Crippen LogP contribution in [0.5, 0.6) is 0 Å². The largest absolute Gasteiger partial charge is 0.354 e. The second-order valence-electron chi connectivity index (χ2n) is 8.33. The van der Waals surface area contributed by atoms with Crippen LogP contribution < -0.4 is 9.62 Å². The average molecular weight is 532 g/mol. The molecule has 2 amide bonds. The quantitative estimate of drug-likeness (QED) is 0.500. The number of halogens is 3. The lowest BCUT2D eigenvalue weighted by Crippen LogP contribution is -2.51. The third kappa shape index (κ3) is 7.85. The molecule has 1 atom stereocenters. The number of hydrogen-bond acceptors (Lipinski definition) is 4. The molecule has 0 aliphatic carbocycles. The Morgan fingerprint density at radius 2 is 1.68 bits per heavy atom. The molecule has 7 nitrogen and oxygen atoms in total. The van der Waals surface area contributed by atoms with Gasteiger partial charge in [0.05, 0.1) is 17.0 Å². The van der Waals surface area contributed by atoms with Crippen molar-refractivity contribution in [2.75, 3.05) is 23.7 Å². The molecule has 0 bridgehead atoms. The predicted octanol–water partition coefficient (Wildman–Crippen LogP) is 4.09. The van der Waals surface area contributed by atoms with Crippen molar-refractivity contribution in [3.8, 4) is 0 Å². The Morgan fingerprint density at radius 1 is 1.06 bits per heavy atom. The zero-order chi connectivity index (χ0) is 25.6. The fourth-order valence-electron chi connectivity index (χ4n) is 3.08. The van der Waals surface area contributed by atoms with Crippen molar-refractivity contribution in [1.82, 2.24) is 10.2 Å². The molecule has 0 spiro atoms. The molecule has 0 aliphatic rings. The SMILES string of the molecule is CC(C)CNC(=O)[C@H](C)N(Cc1ccc(Cl)cc1)C(=O)CN(c1ccc(F)c(Cl)c1)S(C)(=O)=O. The van der Waals surface area contributed by atoms with Gasteiger partial charge < -0.3 is 10.2 Å². The number of rotatable bonds is 10. The van der Waals surface area contributed by atoms with Gasteiger partial charge in [-0.3, -0.25) is 13.9 Å². The first-order chi connectivity index (χ1) is 15.8. The molecule has 0 saturated heterocycles. The Labute approximate surface area is 209 Å². The first-order valence-electron chi connectivity index (χ1n) is 10.5. The highest BCUT2D eigenvalue weighted by atomic mass is 35.5. The molecule has 2 aromatic rings. The Bertz CT molecular complexity index is 1130. The molecule has 0 unspecified atom stereocenters. The lowest BCUT2D eigenvalue weighted by molar-refractivity contribution is -0.139. The molecule has 0 aromatic heterocycles. The number of nitrogens with zero attached hydrogens (tertiary/aromatic N) is 2. The van der Waals surface area contributed by atoms with Crippen molar-refractivity contribution in [3.63, 3.8) is 0 Å². The van der Waals surface area contributed by atoms with Crippen LogP contribution in [-0.4, -0.2) is 50.5 Å². The molecule has 0 aliphatic heterocycles. The Balaban J connectivity index is 2.37. The molecule has 186 valence electrons. The number of carbonyl (C=O) groups is 2. The Morgan fingerprint density at radius 3 is 2.21 bits per heavy atom. The summed E-state index contributed by atoms with van der Waals surface area (Å²) in [6.07, 6.45) is 0.930. The highest BCUT2D eigenvalue weighted by Gasteiger charge is 2.30. The van der Waals surface area contributed by atoms with Crippen LogP contribution in [0.3, 0.4) is 0 Å². The van der Waals surface area contributed by atoms with Crippen molar-refractivity contribution in [3.05, 3.63) is 63.9 Å². The zero-order valence-corrected chi connectivity index (χ0v) is 21.7. The van der Waals surface area contributed by atoms with Crippen LogP contribution in [0.4, 0.5) is 10.1 Å². The van der Waals surface area contributed by atoms with Crippen LogP contribution in [0, 0.1) is 11.7 Å². The zero-order valence-electron chi connectivity index (χ0n) is 19.4. The summed E-state index contributed by atoms with van der Waals surface area (Å²) >= 11 is 11.8. The summed E-state index contributed by atoms with van der Waals surface area (Å²) in [5, 5.41) is 3.03. The fourth-order valence-corrected chi connectivity index (χ4v) is 4.22. The van der Waals surface area contributed by atoms with E-state index in [-0.39, 0.29) is 29.1 Å². The summed E-state index contributed by atoms with van der Waals surface area (Å²) in [7, 11) is -3.94. The molecule has 0 fully saturated rings. The first-order valence-corrected chi connectivity index (χ1v) is 13.1. The van der Waals surface area contributed by atoms with E-state index in [0.29, 0.717) is 17.1 Å². The van der Waals surface area contributed by atoms with E-state index in [1.54, 1.807) is 31.2 Å². The molecule has 0 radical (unpaired) electrons. The maximum absolute atomic E-state index is 13.6. The minimum atomic E-state index is -3.94. The molecule has 11 heteroatoms. The highest BCUT2D eigenvalue weighted by molar-refractivity contribution is 7.92. The number of amides is 2. The molecule has 2 rings (SSSR count). The molecule has 2 aromatic carbocycles. The molecule has 34 heavy (non-hydrogen) atoms. The van der Waals surface area contributed by atoms with Crippen LogP contribution in [0.1, 0.15) is 26.3 Å². The lowest BCUT2D eigenvalue weighted by Gasteiger charge is -2.31. The third-order valence-electron chi connectivity index (χ3n) is 4.99. The van der Waals surface area contributed by atoms with Gasteiger partial charge in [0.15, 0.2) is 0 Å². The number of benzene rings is 2. The van der Waals surface area contributed by atoms with Gasteiger partial charge in [-0.25, -0.2) is 12.8 Å². The summed E-state index contributed by atoms with van der Waals surface area (Å²) < 4.78 is 39.4. The minimum absolute atomic E-state index is 0.0330. The standard InChI is InChI=1S/C23H28Cl2FN3O4S/c1-15(2)12-27-23(31)16(3)28(13-17-5-7-18(24)8-6-17)22(30)14-29(34(4,32)33)19-9-10-21(26)20(25)11-19/h5-11,15-16H,12-14H2,1-4H3,(H,27,31)/t16-/m0/s1. The van der Waals surface area contributed by atoms with Gasteiger partial charge in [0, 0.05) is 18.1 Å². The number of hydrogen-bond donors (Lipinski definition) is 1. The van der Waals surface area contributed by atoms with E-state index in [2.05, 4.69) is 5.32 Å². The fraction of sp³-hybridized carbons (Fsp3) is 0.391. The van der Waals surface area contributed by atoms with Crippen molar-refractivity contribution in [2.45, 2.75) is 33.4 Å². The summed E-state index contributed by atoms with van der Waals surface area (Å²) in [6, 6.07) is 9.24. The van der Waals surface area contributed by atoms with Gasteiger partial charge in [-0.05, 0) is 48.7 Å². The lowest BCUT2D eigenvalue weighted by atomic mass is 10.1. The van der Waals surface area contributed by atoms with E-state index < -0.39 is 34.3 Å². The van der Waals surface area contributed by atoms with Gasteiger partial charge in [0.25, 0.3) is 0 Å². The van der Waals surface area contributed by atoms with Gasteiger partial charge in [-0.15, -0.1) is 0 Å². The molecular weight excluding hydrogens is 504 g/mol. The normalized spacial score (nSPS) is 12.4. The maximum atomic E-state index is 13.6. The van der Waals surface area contributed by atoms with E-state index >= 15 is 0 Å². The smallest absolute Gasteiger partial charge is 0.244 e. The third-order valence-corrected chi connectivity index (χ3v) is 6.67. The topological polar surface area (TPSA) is 86.8 Å². The Kier molecular flexibility index (Phi) is 9.73. The average Bonchev–Trinajstić information content (AvgIpc) is 2.76. The summed E-state index contributed by atoms with van der Waals surface area (Å²) in [4.78, 5) is 27.4. The van der Waals surface area contributed by atoms with Crippen LogP contribution in [0.2, 0.25) is 10.0 Å². The molecular formula is C23H28Cl2FN3O4S. The van der Waals surface area contributed by atoms with Crippen LogP contribution in [0.25, 0.3) is 0 Å². The van der Waals surface area contributed by atoms with Gasteiger partial charge in [-0.1, -0.05) is 49.2 Å². The highest BCUT2D eigenvalue weighted by Crippen LogP contribution is 2.25. The first kappa shape index (κ1) is 27.9. The number of sulfonamides is 1. The predicted molar refractivity (Wildman–Crippen MR) is 133 cm³/mol. The maximum Gasteiger partial charge on any atom is 0.244 e.